The van der Waals surface area contributed by atoms with Crippen LogP contribution in [0.15, 0.2) is 42.5 Å². The van der Waals surface area contributed by atoms with Gasteiger partial charge in [0.05, 0.1) is 5.56 Å². The Bertz CT molecular complexity index is 484. The summed E-state index contributed by atoms with van der Waals surface area (Å²) < 4.78 is 0.648. The summed E-state index contributed by atoms with van der Waals surface area (Å²) in [5.74, 6) is -1.36. The largest absolute Gasteiger partial charge is 0.492 e. The molecule has 2 aromatic rings. The van der Waals surface area contributed by atoms with Crippen LogP contribution in [0.4, 0.5) is 0 Å². The third-order valence-electron chi connectivity index (χ3n) is 1.98. The van der Waals surface area contributed by atoms with Gasteiger partial charge < -0.3 is 15.1 Å². The fourth-order valence-corrected chi connectivity index (χ4v) is 1.21. The molecule has 5 nitrogen and oxygen atoms in total. The summed E-state index contributed by atoms with van der Waals surface area (Å²) in [6.07, 6.45) is 0. The summed E-state index contributed by atoms with van der Waals surface area (Å²) in [5.41, 5.74) is 0.329. The molecule has 82 valence electrons. The third-order valence-corrected chi connectivity index (χ3v) is 1.98. The van der Waals surface area contributed by atoms with Crippen LogP contribution < -0.4 is 4.84 Å². The first-order chi connectivity index (χ1) is 7.68. The van der Waals surface area contributed by atoms with E-state index in [0.29, 0.717) is 10.3 Å². The van der Waals surface area contributed by atoms with E-state index in [1.807, 2.05) is 0 Å². The van der Waals surface area contributed by atoms with E-state index < -0.39 is 5.97 Å². The SMILES string of the molecule is O=C(On1c(O)ccc1O)c1ccccc1. The highest BCUT2D eigenvalue weighted by Crippen LogP contribution is 2.19. The molecule has 16 heavy (non-hydrogen) atoms. The van der Waals surface area contributed by atoms with Crippen LogP contribution in [0.1, 0.15) is 10.4 Å². The maximum Gasteiger partial charge on any atom is 0.363 e. The summed E-state index contributed by atoms with van der Waals surface area (Å²) >= 11 is 0. The second kappa shape index (κ2) is 3.98. The first-order valence-corrected chi connectivity index (χ1v) is 4.56. The molecule has 0 unspecified atom stereocenters. The molecule has 0 radical (unpaired) electrons. The van der Waals surface area contributed by atoms with E-state index >= 15 is 0 Å². The lowest BCUT2D eigenvalue weighted by molar-refractivity contribution is 0.0382. The molecule has 0 aliphatic heterocycles. The summed E-state index contributed by atoms with van der Waals surface area (Å²) in [4.78, 5) is 16.3. The number of carbonyl (C=O) groups is 1. The molecule has 0 bridgehead atoms. The highest BCUT2D eigenvalue weighted by atomic mass is 16.7. The Morgan fingerprint density at radius 2 is 1.56 bits per heavy atom. The van der Waals surface area contributed by atoms with Crippen LogP contribution in [0.3, 0.4) is 0 Å². The standard InChI is InChI=1S/C11H9NO4/c13-9-6-7-10(14)12(9)16-11(15)8-4-2-1-3-5-8/h1-7,13-14H. The molecule has 0 amide bonds. The summed E-state index contributed by atoms with van der Waals surface area (Å²) in [6, 6.07) is 10.7. The van der Waals surface area contributed by atoms with Gasteiger partial charge in [0.25, 0.3) is 0 Å². The normalized spacial score (nSPS) is 10.0. The second-order valence-electron chi connectivity index (χ2n) is 3.09. The van der Waals surface area contributed by atoms with Crippen molar-refractivity contribution >= 4 is 5.97 Å². The Morgan fingerprint density at radius 3 is 2.12 bits per heavy atom. The molecule has 2 N–H and O–H groups in total. The molecule has 0 atom stereocenters. The van der Waals surface area contributed by atoms with Gasteiger partial charge in [-0.3, -0.25) is 0 Å². The third kappa shape index (κ3) is 1.83. The zero-order chi connectivity index (χ0) is 11.5. The van der Waals surface area contributed by atoms with Gasteiger partial charge in [-0.05, 0) is 12.1 Å². The van der Waals surface area contributed by atoms with Crippen molar-refractivity contribution in [2.75, 3.05) is 0 Å². The summed E-state index contributed by atoms with van der Waals surface area (Å²) in [7, 11) is 0. The monoisotopic (exact) mass is 219 g/mol. The number of carbonyl (C=O) groups excluding carboxylic acids is 1. The van der Waals surface area contributed by atoms with Crippen molar-refractivity contribution in [3.63, 3.8) is 0 Å². The first kappa shape index (κ1) is 10.1. The lowest BCUT2D eigenvalue weighted by Crippen LogP contribution is -2.18. The predicted octanol–water partition coefficient (Wildman–Crippen LogP) is 1.17. The van der Waals surface area contributed by atoms with Crippen LogP contribution in [0, 0.1) is 0 Å². The van der Waals surface area contributed by atoms with Gasteiger partial charge >= 0.3 is 5.97 Å². The van der Waals surface area contributed by atoms with E-state index in [0.717, 1.165) is 0 Å². The van der Waals surface area contributed by atoms with Gasteiger partial charge in [-0.1, -0.05) is 18.2 Å². The Morgan fingerprint density at radius 1 is 1.00 bits per heavy atom. The van der Waals surface area contributed by atoms with Crippen LogP contribution in [-0.4, -0.2) is 20.9 Å². The number of nitrogens with zero attached hydrogens (tertiary/aromatic N) is 1. The number of benzene rings is 1. The van der Waals surface area contributed by atoms with Crippen LogP contribution in [-0.2, 0) is 0 Å². The Hall–Kier alpha value is -2.43. The number of aromatic hydroxyl groups is 2. The predicted molar refractivity (Wildman–Crippen MR) is 55.1 cm³/mol. The molecule has 0 saturated heterocycles. The van der Waals surface area contributed by atoms with E-state index in [-0.39, 0.29) is 11.8 Å². The van der Waals surface area contributed by atoms with E-state index in [4.69, 9.17) is 4.84 Å². The summed E-state index contributed by atoms with van der Waals surface area (Å²) in [5, 5.41) is 18.5. The zero-order valence-corrected chi connectivity index (χ0v) is 8.20. The molecule has 1 aromatic heterocycles. The Kier molecular flexibility index (Phi) is 2.51. The fourth-order valence-electron chi connectivity index (χ4n) is 1.21. The van der Waals surface area contributed by atoms with Crippen LogP contribution in [0.2, 0.25) is 0 Å². The molecule has 0 aliphatic rings. The minimum Gasteiger partial charge on any atom is -0.492 e. The van der Waals surface area contributed by atoms with Crippen molar-refractivity contribution in [1.29, 1.82) is 0 Å². The highest BCUT2D eigenvalue weighted by molar-refractivity contribution is 5.89. The van der Waals surface area contributed by atoms with Gasteiger partial charge in [-0.2, -0.15) is 0 Å². The van der Waals surface area contributed by atoms with Gasteiger partial charge in [0, 0.05) is 12.1 Å². The fraction of sp³-hybridized carbons (Fsp3) is 0. The van der Waals surface area contributed by atoms with Gasteiger partial charge in [0.15, 0.2) is 0 Å². The van der Waals surface area contributed by atoms with E-state index in [1.165, 1.54) is 12.1 Å². The van der Waals surface area contributed by atoms with Gasteiger partial charge in [-0.25, -0.2) is 4.79 Å². The highest BCUT2D eigenvalue weighted by Gasteiger charge is 2.13. The molecule has 0 aliphatic carbocycles. The van der Waals surface area contributed by atoms with Crippen LogP contribution >= 0.6 is 0 Å². The number of hydrogen-bond acceptors (Lipinski definition) is 4. The molecular weight excluding hydrogens is 210 g/mol. The average molecular weight is 219 g/mol. The topological polar surface area (TPSA) is 71.7 Å². The molecule has 0 spiro atoms. The average Bonchev–Trinajstić information content (AvgIpc) is 2.62. The number of aromatic nitrogens is 1. The lowest BCUT2D eigenvalue weighted by atomic mass is 10.2. The second-order valence-corrected chi connectivity index (χ2v) is 3.09. The first-order valence-electron chi connectivity index (χ1n) is 4.56. The molecule has 1 aromatic carbocycles. The number of hydrogen-bond donors (Lipinski definition) is 2. The maximum atomic E-state index is 11.6. The van der Waals surface area contributed by atoms with Crippen molar-refractivity contribution in [3.05, 3.63) is 48.0 Å². The molecule has 0 fully saturated rings. The quantitative estimate of drug-likeness (QED) is 0.795. The minimum absolute atomic E-state index is 0.329. The van der Waals surface area contributed by atoms with E-state index in [1.54, 1.807) is 30.3 Å². The van der Waals surface area contributed by atoms with Gasteiger partial charge in [0.2, 0.25) is 11.8 Å². The van der Waals surface area contributed by atoms with Crippen LogP contribution in [0.5, 0.6) is 11.8 Å². The molecular formula is C11H9NO4. The molecule has 0 saturated carbocycles. The smallest absolute Gasteiger partial charge is 0.363 e. The zero-order valence-electron chi connectivity index (χ0n) is 8.20. The van der Waals surface area contributed by atoms with Gasteiger partial charge in [0.1, 0.15) is 0 Å². The van der Waals surface area contributed by atoms with Crippen molar-refractivity contribution in [2.45, 2.75) is 0 Å². The molecule has 5 heteroatoms. The minimum atomic E-state index is -0.664. The number of rotatable bonds is 2. The Labute approximate surface area is 91.1 Å². The van der Waals surface area contributed by atoms with Crippen molar-refractivity contribution in [1.82, 2.24) is 4.73 Å². The van der Waals surface area contributed by atoms with Crippen molar-refractivity contribution < 1.29 is 19.8 Å². The van der Waals surface area contributed by atoms with Gasteiger partial charge in [-0.15, -0.1) is 4.73 Å². The van der Waals surface area contributed by atoms with Crippen molar-refractivity contribution in [2.24, 2.45) is 0 Å². The lowest BCUT2D eigenvalue weighted by Gasteiger charge is -2.06. The van der Waals surface area contributed by atoms with Crippen molar-refractivity contribution in [3.8, 4) is 11.8 Å². The summed E-state index contributed by atoms with van der Waals surface area (Å²) in [6.45, 7) is 0. The van der Waals surface area contributed by atoms with E-state index in [2.05, 4.69) is 0 Å². The van der Waals surface area contributed by atoms with E-state index in [9.17, 15) is 15.0 Å². The maximum absolute atomic E-state index is 11.6. The molecule has 2 rings (SSSR count). The Balaban J connectivity index is 2.21. The van der Waals surface area contributed by atoms with Crippen LogP contribution in [0.25, 0.3) is 0 Å². The molecule has 1 heterocycles.